The maximum absolute atomic E-state index is 12.8. The number of benzene rings is 1. The molecule has 1 heterocycles. The molecule has 0 bridgehead atoms. The van der Waals surface area contributed by atoms with Crippen molar-refractivity contribution >= 4 is 11.8 Å². The topological polar surface area (TPSA) is 52.7 Å². The van der Waals surface area contributed by atoms with Gasteiger partial charge in [0.1, 0.15) is 6.04 Å². The van der Waals surface area contributed by atoms with Crippen LogP contribution in [-0.2, 0) is 9.59 Å². The van der Waals surface area contributed by atoms with E-state index in [1.165, 1.54) is 0 Å². The van der Waals surface area contributed by atoms with Gasteiger partial charge in [-0.25, -0.2) is 0 Å². The number of nitrogens with one attached hydrogen (secondary N) is 1. The summed E-state index contributed by atoms with van der Waals surface area (Å²) in [7, 11) is 3.89. The second-order valence-electron chi connectivity index (χ2n) is 8.01. The van der Waals surface area contributed by atoms with E-state index in [1.807, 2.05) is 55.1 Å². The van der Waals surface area contributed by atoms with Gasteiger partial charge in [0.15, 0.2) is 0 Å². The van der Waals surface area contributed by atoms with Crippen molar-refractivity contribution in [3.05, 3.63) is 35.4 Å². The minimum absolute atomic E-state index is 0.0563. The zero-order valence-corrected chi connectivity index (χ0v) is 16.2. The first-order chi connectivity index (χ1) is 12.5. The third-order valence-corrected chi connectivity index (χ3v) is 5.67. The van der Waals surface area contributed by atoms with Crippen molar-refractivity contribution in [3.63, 3.8) is 0 Å². The van der Waals surface area contributed by atoms with Crippen molar-refractivity contribution in [2.24, 2.45) is 11.8 Å². The highest BCUT2D eigenvalue weighted by molar-refractivity contribution is 5.83. The zero-order chi connectivity index (χ0) is 18.7. The molecule has 1 aromatic rings. The van der Waals surface area contributed by atoms with E-state index in [1.54, 1.807) is 0 Å². The Bertz CT molecular complexity index is 646. The molecule has 1 aliphatic carbocycles. The first kappa shape index (κ1) is 18.9. The second kappa shape index (κ2) is 8.21. The highest BCUT2D eigenvalue weighted by atomic mass is 16.2. The van der Waals surface area contributed by atoms with Crippen molar-refractivity contribution in [1.29, 1.82) is 0 Å². The lowest BCUT2D eigenvalue weighted by molar-refractivity contribution is -0.134. The van der Waals surface area contributed by atoms with E-state index in [4.69, 9.17) is 0 Å². The van der Waals surface area contributed by atoms with Gasteiger partial charge in [-0.15, -0.1) is 0 Å². The lowest BCUT2D eigenvalue weighted by Crippen LogP contribution is -2.44. The number of carbonyl (C=O) groups excluding carboxylic acids is 2. The van der Waals surface area contributed by atoms with E-state index in [0.29, 0.717) is 24.3 Å². The molecule has 1 aromatic carbocycles. The van der Waals surface area contributed by atoms with Crippen molar-refractivity contribution in [2.45, 2.75) is 38.6 Å². The number of piperidine rings is 1. The summed E-state index contributed by atoms with van der Waals surface area (Å²) >= 11 is 0. The molecule has 1 saturated heterocycles. The summed E-state index contributed by atoms with van der Waals surface area (Å²) < 4.78 is 0. The van der Waals surface area contributed by atoms with E-state index in [0.717, 1.165) is 49.9 Å². The Morgan fingerprint density at radius 2 is 1.81 bits per heavy atom. The Kier molecular flexibility index (Phi) is 5.97. The fourth-order valence-corrected chi connectivity index (χ4v) is 3.84. The van der Waals surface area contributed by atoms with Crippen molar-refractivity contribution in [2.75, 3.05) is 33.7 Å². The van der Waals surface area contributed by atoms with E-state index >= 15 is 0 Å². The van der Waals surface area contributed by atoms with Crippen LogP contribution in [0.15, 0.2) is 24.3 Å². The molecule has 0 spiro atoms. The number of hydrogen-bond donors (Lipinski definition) is 1. The number of aryl methyl sites for hydroxylation is 1. The van der Waals surface area contributed by atoms with Crippen LogP contribution in [0.2, 0.25) is 0 Å². The molecule has 2 amide bonds. The van der Waals surface area contributed by atoms with E-state index in [2.05, 4.69) is 5.32 Å². The maximum Gasteiger partial charge on any atom is 0.241 e. The SMILES string of the molecule is Cc1ccccc1[C@H](C(=O)NCC1CCN(C(=O)C2CC2)CC1)N(C)C. The minimum atomic E-state index is -0.271. The standard InChI is InChI=1S/C21H31N3O2/c1-15-6-4-5-7-18(15)19(23(2)3)20(25)22-14-16-10-12-24(13-11-16)21(26)17-8-9-17/h4-7,16-17,19H,8-14H2,1-3H3,(H,22,25)/t19-/m1/s1. The van der Waals surface area contributed by atoms with Gasteiger partial charge in [-0.1, -0.05) is 24.3 Å². The lowest BCUT2D eigenvalue weighted by Gasteiger charge is -2.33. The molecule has 2 fully saturated rings. The number of carbonyl (C=O) groups is 2. The predicted octanol–water partition coefficient (Wildman–Crippen LogP) is 2.36. The highest BCUT2D eigenvalue weighted by Gasteiger charge is 2.35. The number of likely N-dealkylation sites (tertiary alicyclic amines) is 1. The highest BCUT2D eigenvalue weighted by Crippen LogP contribution is 2.32. The van der Waals surface area contributed by atoms with Gasteiger partial charge in [-0.05, 0) is 63.7 Å². The molecule has 0 aromatic heterocycles. The van der Waals surface area contributed by atoms with E-state index in [9.17, 15) is 9.59 Å². The molecule has 1 saturated carbocycles. The smallest absolute Gasteiger partial charge is 0.241 e. The Morgan fingerprint density at radius 1 is 1.15 bits per heavy atom. The molecular weight excluding hydrogens is 326 g/mol. The Morgan fingerprint density at radius 3 is 2.38 bits per heavy atom. The summed E-state index contributed by atoms with van der Waals surface area (Å²) in [6, 6.07) is 7.79. The van der Waals surface area contributed by atoms with E-state index in [-0.39, 0.29) is 11.9 Å². The molecule has 1 aliphatic heterocycles. The molecule has 5 heteroatoms. The lowest BCUT2D eigenvalue weighted by atomic mass is 9.95. The summed E-state index contributed by atoms with van der Waals surface area (Å²) in [5.74, 6) is 1.17. The zero-order valence-electron chi connectivity index (χ0n) is 16.2. The number of likely N-dealkylation sites (N-methyl/N-ethyl adjacent to an activating group) is 1. The van der Waals surface area contributed by atoms with Crippen LogP contribution in [-0.4, -0.2) is 55.3 Å². The van der Waals surface area contributed by atoms with Gasteiger partial charge in [0.05, 0.1) is 0 Å². The predicted molar refractivity (Wildman–Crippen MR) is 103 cm³/mol. The summed E-state index contributed by atoms with van der Waals surface area (Å²) in [5.41, 5.74) is 2.19. The largest absolute Gasteiger partial charge is 0.354 e. The number of hydrogen-bond acceptors (Lipinski definition) is 3. The Balaban J connectivity index is 1.51. The van der Waals surface area contributed by atoms with Crippen molar-refractivity contribution < 1.29 is 9.59 Å². The average molecular weight is 357 g/mol. The van der Waals surface area contributed by atoms with Crippen LogP contribution in [0.3, 0.4) is 0 Å². The molecule has 0 unspecified atom stereocenters. The summed E-state index contributed by atoms with van der Waals surface area (Å²) in [6.45, 7) is 4.42. The van der Waals surface area contributed by atoms with Gasteiger partial charge in [0.2, 0.25) is 11.8 Å². The second-order valence-corrected chi connectivity index (χ2v) is 8.01. The van der Waals surface area contributed by atoms with E-state index < -0.39 is 0 Å². The normalized spacial score (nSPS) is 19.5. The van der Waals surface area contributed by atoms with Crippen molar-refractivity contribution in [1.82, 2.24) is 15.1 Å². The monoisotopic (exact) mass is 357 g/mol. The summed E-state index contributed by atoms with van der Waals surface area (Å²) in [6.07, 6.45) is 4.10. The molecule has 0 radical (unpaired) electrons. The van der Waals surface area contributed by atoms with Crippen LogP contribution in [0.25, 0.3) is 0 Å². The van der Waals surface area contributed by atoms with Crippen LogP contribution in [0.4, 0.5) is 0 Å². The van der Waals surface area contributed by atoms with Crippen LogP contribution in [0.1, 0.15) is 42.9 Å². The quantitative estimate of drug-likeness (QED) is 0.850. The van der Waals surface area contributed by atoms with Crippen LogP contribution >= 0.6 is 0 Å². The number of amides is 2. The summed E-state index contributed by atoms with van der Waals surface area (Å²) in [5, 5.41) is 3.15. The molecule has 2 aliphatic rings. The molecule has 1 N–H and O–H groups in total. The first-order valence-electron chi connectivity index (χ1n) is 9.76. The minimum Gasteiger partial charge on any atom is -0.354 e. The molecular formula is C21H31N3O2. The fourth-order valence-electron chi connectivity index (χ4n) is 3.84. The number of nitrogens with zero attached hydrogens (tertiary/aromatic N) is 2. The van der Waals surface area contributed by atoms with Gasteiger partial charge >= 0.3 is 0 Å². The Hall–Kier alpha value is -1.88. The third kappa shape index (κ3) is 4.44. The Labute approximate surface area is 156 Å². The first-order valence-corrected chi connectivity index (χ1v) is 9.76. The van der Waals surface area contributed by atoms with Gasteiger partial charge in [-0.2, -0.15) is 0 Å². The summed E-state index contributed by atoms with van der Waals surface area (Å²) in [4.78, 5) is 29.0. The number of rotatable bonds is 6. The molecule has 26 heavy (non-hydrogen) atoms. The van der Waals surface area contributed by atoms with Crippen LogP contribution < -0.4 is 5.32 Å². The van der Waals surface area contributed by atoms with Gasteiger partial charge in [0.25, 0.3) is 0 Å². The van der Waals surface area contributed by atoms with Gasteiger partial charge < -0.3 is 10.2 Å². The molecule has 5 nitrogen and oxygen atoms in total. The average Bonchev–Trinajstić information content (AvgIpc) is 3.46. The van der Waals surface area contributed by atoms with Crippen molar-refractivity contribution in [3.8, 4) is 0 Å². The van der Waals surface area contributed by atoms with Gasteiger partial charge in [-0.3, -0.25) is 14.5 Å². The molecule has 3 rings (SSSR count). The van der Waals surface area contributed by atoms with Gasteiger partial charge in [0, 0.05) is 25.6 Å². The van der Waals surface area contributed by atoms with Crippen LogP contribution in [0, 0.1) is 18.8 Å². The third-order valence-electron chi connectivity index (χ3n) is 5.67. The fraction of sp³-hybridized carbons (Fsp3) is 0.619. The molecule has 1 atom stereocenters. The maximum atomic E-state index is 12.8. The molecule has 142 valence electrons. The van der Waals surface area contributed by atoms with Crippen LogP contribution in [0.5, 0.6) is 0 Å².